The summed E-state index contributed by atoms with van der Waals surface area (Å²) >= 11 is 0. The standard InChI is InChI=1S/C38H51N7O4/c1-22(16-37(5,6)7)42-36(49)30-17-38-21-41-31(47)13-11-9-8-10-12-26-14-27(28-18-39-25(4)40-19-28)15-29-33(24(3)46)43-44(34(26)29)20-32(48)45(30)35(38)23(38)2/h14-15,18-19,22-23,30,35H,8-13,16-17,20-21H2,1-7H3,(H,41,47)(H,42,49)/t22-,23?,30+,35?,38-/m1/s1. The molecule has 6 rings (SSSR count). The second kappa shape index (κ2) is 13.3. The highest BCUT2D eigenvalue weighted by molar-refractivity contribution is 6.07. The van der Waals surface area contributed by atoms with Gasteiger partial charge in [-0.25, -0.2) is 9.97 Å². The Bertz CT molecular complexity index is 1770. The molecule has 262 valence electrons. The third-order valence-corrected chi connectivity index (χ3v) is 10.8. The van der Waals surface area contributed by atoms with Crippen molar-refractivity contribution in [3.8, 4) is 11.1 Å². The number of hydrogen-bond donors (Lipinski definition) is 2. The van der Waals surface area contributed by atoms with E-state index in [1.165, 1.54) is 6.92 Å². The van der Waals surface area contributed by atoms with Gasteiger partial charge in [0, 0.05) is 60.7 Å². The highest BCUT2D eigenvalue weighted by atomic mass is 16.2. The van der Waals surface area contributed by atoms with Gasteiger partial charge in [-0.15, -0.1) is 0 Å². The van der Waals surface area contributed by atoms with Gasteiger partial charge in [-0.1, -0.05) is 40.5 Å². The monoisotopic (exact) mass is 669 g/mol. The first-order valence-electron chi connectivity index (χ1n) is 17.9. The third kappa shape index (κ3) is 6.99. The summed E-state index contributed by atoms with van der Waals surface area (Å²) in [5.41, 5.74) is 3.47. The van der Waals surface area contributed by atoms with Gasteiger partial charge in [0.2, 0.25) is 17.7 Å². The molecular formula is C38H51N7O4. The number of aryl methyl sites for hydroxylation is 2. The molecule has 3 amide bonds. The highest BCUT2D eigenvalue weighted by Gasteiger charge is 2.72. The molecule has 2 N–H and O–H groups in total. The molecule has 1 saturated carbocycles. The van der Waals surface area contributed by atoms with Crippen molar-refractivity contribution in [2.45, 2.75) is 125 Å². The van der Waals surface area contributed by atoms with Crippen molar-refractivity contribution in [3.63, 3.8) is 0 Å². The fourth-order valence-electron chi connectivity index (χ4n) is 8.54. The number of aromatic nitrogens is 4. The first kappa shape index (κ1) is 34.7. The summed E-state index contributed by atoms with van der Waals surface area (Å²) in [5.74, 6) is 0.266. The minimum Gasteiger partial charge on any atom is -0.355 e. The van der Waals surface area contributed by atoms with E-state index < -0.39 is 6.04 Å². The quantitative estimate of drug-likeness (QED) is 0.357. The summed E-state index contributed by atoms with van der Waals surface area (Å²) in [6.07, 6.45) is 9.56. The van der Waals surface area contributed by atoms with Gasteiger partial charge in [0.05, 0.1) is 5.52 Å². The third-order valence-electron chi connectivity index (χ3n) is 10.8. The van der Waals surface area contributed by atoms with Crippen LogP contribution in [0.3, 0.4) is 0 Å². The predicted molar refractivity (Wildman–Crippen MR) is 188 cm³/mol. The summed E-state index contributed by atoms with van der Waals surface area (Å²) in [4.78, 5) is 65.0. The SMILES string of the molecule is CC(=O)c1nn2c3c(cc(-c4cnc(C)nc4)cc13)CCCCCCC(=O)NC[C@@]13C[C@@H](C(=O)N[C@H](C)CC(C)(C)C)N(C(=O)C2)C1C3C. The molecule has 3 aliphatic rings. The molecule has 2 unspecified atom stereocenters. The van der Waals surface area contributed by atoms with Crippen LogP contribution in [0, 0.1) is 23.7 Å². The van der Waals surface area contributed by atoms with Gasteiger partial charge in [-0.2, -0.15) is 5.10 Å². The van der Waals surface area contributed by atoms with Crippen molar-refractivity contribution in [2.75, 3.05) is 6.54 Å². The average Bonchev–Trinajstić information content (AvgIpc) is 3.29. The Hall–Kier alpha value is -4.15. The smallest absolute Gasteiger partial charge is 0.245 e. The molecule has 5 atom stereocenters. The number of carbonyl (C=O) groups is 4. The summed E-state index contributed by atoms with van der Waals surface area (Å²) in [5, 5.41) is 11.8. The maximum absolute atomic E-state index is 14.5. The fourth-order valence-corrected chi connectivity index (χ4v) is 8.54. The van der Waals surface area contributed by atoms with Gasteiger partial charge >= 0.3 is 0 Å². The minimum atomic E-state index is -0.659. The number of piperidine rings is 1. The maximum Gasteiger partial charge on any atom is 0.245 e. The van der Waals surface area contributed by atoms with Crippen LogP contribution in [0.25, 0.3) is 22.0 Å². The molecule has 49 heavy (non-hydrogen) atoms. The van der Waals surface area contributed by atoms with E-state index in [2.05, 4.69) is 54.4 Å². The van der Waals surface area contributed by atoms with E-state index in [0.717, 1.165) is 54.3 Å². The lowest BCUT2D eigenvalue weighted by molar-refractivity contribution is -0.141. The molecule has 0 spiro atoms. The van der Waals surface area contributed by atoms with Crippen LogP contribution < -0.4 is 10.6 Å². The zero-order chi connectivity index (χ0) is 35.2. The maximum atomic E-state index is 14.5. The van der Waals surface area contributed by atoms with Crippen LogP contribution in [0.5, 0.6) is 0 Å². The predicted octanol–water partition coefficient (Wildman–Crippen LogP) is 5.17. The molecule has 11 nitrogen and oxygen atoms in total. The Balaban J connectivity index is 1.41. The normalized spacial score (nSPS) is 25.4. The molecule has 4 heterocycles. The number of rotatable bonds is 5. The molecular weight excluding hydrogens is 618 g/mol. The average molecular weight is 670 g/mol. The van der Waals surface area contributed by atoms with E-state index in [1.54, 1.807) is 22.0 Å². The second-order valence-corrected chi connectivity index (χ2v) is 16.0. The van der Waals surface area contributed by atoms with Gasteiger partial charge in [0.1, 0.15) is 24.1 Å². The van der Waals surface area contributed by atoms with Crippen LogP contribution in [0.4, 0.5) is 0 Å². The van der Waals surface area contributed by atoms with E-state index in [0.29, 0.717) is 42.7 Å². The van der Waals surface area contributed by atoms with Gasteiger partial charge in [0.15, 0.2) is 5.78 Å². The molecule has 2 aromatic heterocycles. The molecule has 0 radical (unpaired) electrons. The van der Waals surface area contributed by atoms with Crippen LogP contribution in [0.1, 0.15) is 108 Å². The van der Waals surface area contributed by atoms with Crippen molar-refractivity contribution in [1.82, 2.24) is 35.3 Å². The molecule has 2 fully saturated rings. The zero-order valence-electron chi connectivity index (χ0n) is 30.1. The van der Waals surface area contributed by atoms with Crippen molar-refractivity contribution >= 4 is 34.4 Å². The Labute approximate surface area is 289 Å². The molecule has 11 heteroatoms. The van der Waals surface area contributed by atoms with E-state index in [9.17, 15) is 19.2 Å². The summed E-state index contributed by atoms with van der Waals surface area (Å²) in [6, 6.07) is 3.15. The topological polar surface area (TPSA) is 139 Å². The van der Waals surface area contributed by atoms with Crippen LogP contribution in [-0.2, 0) is 27.3 Å². The largest absolute Gasteiger partial charge is 0.355 e. The van der Waals surface area contributed by atoms with E-state index in [4.69, 9.17) is 5.10 Å². The number of Topliss-reactive ketones (excluding diaryl/α,β-unsaturated/α-hetero) is 1. The van der Waals surface area contributed by atoms with Crippen LogP contribution in [-0.4, -0.2) is 72.8 Å². The zero-order valence-corrected chi connectivity index (χ0v) is 30.1. The van der Waals surface area contributed by atoms with Gasteiger partial charge in [-0.05, 0) is 80.5 Å². The lowest BCUT2D eigenvalue weighted by atomic mass is 9.88. The first-order valence-corrected chi connectivity index (χ1v) is 17.9. The Morgan fingerprint density at radius 3 is 2.43 bits per heavy atom. The Kier molecular flexibility index (Phi) is 9.41. The summed E-state index contributed by atoms with van der Waals surface area (Å²) in [6.45, 7) is 14.2. The Morgan fingerprint density at radius 2 is 1.76 bits per heavy atom. The summed E-state index contributed by atoms with van der Waals surface area (Å²) in [7, 11) is 0. The number of nitrogens with zero attached hydrogens (tertiary/aromatic N) is 5. The van der Waals surface area contributed by atoms with Crippen molar-refractivity contribution < 1.29 is 19.2 Å². The number of ketones is 1. The number of carbonyl (C=O) groups excluding carboxylic acids is 4. The van der Waals surface area contributed by atoms with Crippen LogP contribution >= 0.6 is 0 Å². The summed E-state index contributed by atoms with van der Waals surface area (Å²) < 4.78 is 1.68. The van der Waals surface area contributed by atoms with Gasteiger partial charge < -0.3 is 15.5 Å². The van der Waals surface area contributed by atoms with Gasteiger partial charge in [-0.3, -0.25) is 23.9 Å². The molecule has 2 aliphatic heterocycles. The lowest BCUT2D eigenvalue weighted by Crippen LogP contribution is -2.51. The van der Waals surface area contributed by atoms with E-state index in [1.807, 2.05) is 19.9 Å². The van der Waals surface area contributed by atoms with Crippen LogP contribution in [0.2, 0.25) is 0 Å². The number of nitrogens with one attached hydrogen (secondary N) is 2. The lowest BCUT2D eigenvalue weighted by Gasteiger charge is -2.31. The molecule has 1 aliphatic carbocycles. The van der Waals surface area contributed by atoms with Crippen molar-refractivity contribution in [1.29, 1.82) is 0 Å². The van der Waals surface area contributed by atoms with Gasteiger partial charge in [0.25, 0.3) is 0 Å². The Morgan fingerprint density at radius 1 is 1.06 bits per heavy atom. The first-order chi connectivity index (χ1) is 23.2. The molecule has 1 aromatic carbocycles. The van der Waals surface area contributed by atoms with Crippen molar-refractivity contribution in [3.05, 3.63) is 41.6 Å². The molecule has 1 saturated heterocycles. The second-order valence-electron chi connectivity index (χ2n) is 16.0. The minimum absolute atomic E-state index is 0.0211. The molecule has 3 aromatic rings. The fraction of sp³-hybridized carbons (Fsp3) is 0.605. The highest BCUT2D eigenvalue weighted by Crippen LogP contribution is 2.64. The van der Waals surface area contributed by atoms with E-state index >= 15 is 0 Å². The number of hydrogen-bond acceptors (Lipinski definition) is 7. The number of amides is 3. The van der Waals surface area contributed by atoms with Crippen molar-refractivity contribution in [2.24, 2.45) is 16.7 Å². The molecule has 2 bridgehead atoms. The van der Waals surface area contributed by atoms with E-state index in [-0.39, 0.29) is 58.9 Å². The number of benzene rings is 1. The van der Waals surface area contributed by atoms with Crippen LogP contribution in [0.15, 0.2) is 24.5 Å².